The van der Waals surface area contributed by atoms with Crippen molar-refractivity contribution in [1.29, 1.82) is 0 Å². The topological polar surface area (TPSA) is 101 Å². The molecule has 1 N–H and O–H groups in total. The van der Waals surface area contributed by atoms with Gasteiger partial charge < -0.3 is 10.0 Å². The van der Waals surface area contributed by atoms with Crippen molar-refractivity contribution >= 4 is 29.3 Å². The Morgan fingerprint density at radius 1 is 1.32 bits per heavy atom. The van der Waals surface area contributed by atoms with Crippen LogP contribution in [0, 0.1) is 10.1 Å². The second-order valence-electron chi connectivity index (χ2n) is 5.59. The smallest absolute Gasteiger partial charge is 0.327 e. The van der Waals surface area contributed by atoms with Crippen LogP contribution >= 0.6 is 11.8 Å². The molecular weight excluding hydrogens is 308 g/mol. The standard InChI is InChI=1S/C14H16N2O5S/c1-8(17)15-11(13(18)19)14(2,3)22-12(15)9-4-6-10(7-5-9)16(20)21/h4-7,11-12H,1-3H3,(H,18,19)/t11-,12+/m0/s1. The minimum absolute atomic E-state index is 0.0461. The van der Waals surface area contributed by atoms with Crippen LogP contribution in [-0.4, -0.2) is 37.6 Å². The van der Waals surface area contributed by atoms with Gasteiger partial charge in [0, 0.05) is 23.8 Å². The van der Waals surface area contributed by atoms with Gasteiger partial charge in [0.2, 0.25) is 5.91 Å². The van der Waals surface area contributed by atoms with Gasteiger partial charge in [0.25, 0.3) is 5.69 Å². The van der Waals surface area contributed by atoms with E-state index in [1.54, 1.807) is 26.0 Å². The van der Waals surface area contributed by atoms with Crippen LogP contribution in [0.25, 0.3) is 0 Å². The summed E-state index contributed by atoms with van der Waals surface area (Å²) in [7, 11) is 0. The van der Waals surface area contributed by atoms with Crippen LogP contribution in [0.2, 0.25) is 0 Å². The molecule has 1 aromatic carbocycles. The number of hydrogen-bond donors (Lipinski definition) is 1. The number of nitro groups is 1. The van der Waals surface area contributed by atoms with Crippen LogP contribution in [0.5, 0.6) is 0 Å². The first-order chi connectivity index (χ1) is 10.1. The highest BCUT2D eigenvalue weighted by Gasteiger charge is 2.52. The zero-order valence-electron chi connectivity index (χ0n) is 12.3. The molecule has 2 atom stereocenters. The van der Waals surface area contributed by atoms with Gasteiger partial charge in [-0.1, -0.05) is 0 Å². The molecule has 0 bridgehead atoms. The molecule has 2 rings (SSSR count). The Labute approximate surface area is 131 Å². The third-order valence-corrected chi connectivity index (χ3v) is 5.14. The van der Waals surface area contributed by atoms with E-state index in [0.717, 1.165) is 0 Å². The number of carboxylic acids is 1. The minimum atomic E-state index is -1.06. The van der Waals surface area contributed by atoms with E-state index in [9.17, 15) is 24.8 Å². The molecule has 1 aromatic rings. The minimum Gasteiger partial charge on any atom is -0.480 e. The molecule has 22 heavy (non-hydrogen) atoms. The highest BCUT2D eigenvalue weighted by molar-refractivity contribution is 8.01. The van der Waals surface area contributed by atoms with Crippen molar-refractivity contribution in [3.63, 3.8) is 0 Å². The second kappa shape index (κ2) is 5.60. The van der Waals surface area contributed by atoms with Gasteiger partial charge in [-0.15, -0.1) is 11.8 Å². The molecular formula is C14H16N2O5S. The molecule has 0 radical (unpaired) electrons. The third kappa shape index (κ3) is 2.78. The number of thioether (sulfide) groups is 1. The van der Waals surface area contributed by atoms with Crippen LogP contribution < -0.4 is 0 Å². The Morgan fingerprint density at radius 3 is 2.27 bits per heavy atom. The van der Waals surface area contributed by atoms with Crippen LogP contribution in [-0.2, 0) is 9.59 Å². The quantitative estimate of drug-likeness (QED) is 0.677. The average Bonchev–Trinajstić information content (AvgIpc) is 2.70. The van der Waals surface area contributed by atoms with Crippen molar-refractivity contribution < 1.29 is 19.6 Å². The van der Waals surface area contributed by atoms with Gasteiger partial charge in [-0.2, -0.15) is 0 Å². The fourth-order valence-corrected chi connectivity index (χ4v) is 4.23. The number of nitrogens with zero attached hydrogens (tertiary/aromatic N) is 2. The molecule has 8 heteroatoms. The van der Waals surface area contributed by atoms with E-state index < -0.39 is 27.1 Å². The number of carbonyl (C=O) groups is 2. The lowest BCUT2D eigenvalue weighted by Gasteiger charge is -2.28. The van der Waals surface area contributed by atoms with E-state index in [0.29, 0.717) is 5.56 Å². The second-order valence-corrected chi connectivity index (χ2v) is 7.32. The Balaban J connectivity index is 2.43. The average molecular weight is 324 g/mol. The van der Waals surface area contributed by atoms with Crippen molar-refractivity contribution in [2.24, 2.45) is 0 Å². The highest BCUT2D eigenvalue weighted by Crippen LogP contribution is 2.52. The molecule has 1 aliphatic heterocycles. The zero-order valence-corrected chi connectivity index (χ0v) is 13.2. The van der Waals surface area contributed by atoms with E-state index in [1.807, 2.05) is 0 Å². The fourth-order valence-electron chi connectivity index (χ4n) is 2.63. The molecule has 1 fully saturated rings. The first-order valence-corrected chi connectivity index (χ1v) is 7.47. The Hall–Kier alpha value is -2.09. The van der Waals surface area contributed by atoms with E-state index >= 15 is 0 Å². The summed E-state index contributed by atoms with van der Waals surface area (Å²) < 4.78 is -0.663. The van der Waals surface area contributed by atoms with Gasteiger partial charge >= 0.3 is 5.97 Å². The van der Waals surface area contributed by atoms with Crippen molar-refractivity contribution in [3.8, 4) is 0 Å². The molecule has 0 unspecified atom stereocenters. The number of benzene rings is 1. The summed E-state index contributed by atoms with van der Waals surface area (Å²) in [5.41, 5.74) is 0.623. The largest absolute Gasteiger partial charge is 0.480 e. The summed E-state index contributed by atoms with van der Waals surface area (Å²) >= 11 is 1.36. The van der Waals surface area contributed by atoms with Crippen LogP contribution in [0.4, 0.5) is 5.69 Å². The third-order valence-electron chi connectivity index (χ3n) is 3.59. The number of amides is 1. The fraction of sp³-hybridized carbons (Fsp3) is 0.429. The molecule has 7 nitrogen and oxygen atoms in total. The van der Waals surface area contributed by atoms with Gasteiger partial charge in [0.05, 0.1) is 4.92 Å². The molecule has 1 aliphatic rings. The Kier molecular flexibility index (Phi) is 4.15. The molecule has 1 heterocycles. The number of hydrogen-bond acceptors (Lipinski definition) is 5. The van der Waals surface area contributed by atoms with Crippen molar-refractivity contribution in [3.05, 3.63) is 39.9 Å². The van der Waals surface area contributed by atoms with Gasteiger partial charge in [-0.25, -0.2) is 4.79 Å². The van der Waals surface area contributed by atoms with E-state index in [2.05, 4.69) is 0 Å². The molecule has 0 saturated carbocycles. The number of nitro benzene ring substituents is 1. The summed E-state index contributed by atoms with van der Waals surface area (Å²) in [6.07, 6.45) is 0. The summed E-state index contributed by atoms with van der Waals surface area (Å²) in [5.74, 6) is -1.40. The molecule has 1 amide bonds. The Bertz CT molecular complexity index is 629. The van der Waals surface area contributed by atoms with Crippen LogP contribution in [0.15, 0.2) is 24.3 Å². The lowest BCUT2D eigenvalue weighted by atomic mass is 10.0. The van der Waals surface area contributed by atoms with Crippen LogP contribution in [0.1, 0.15) is 31.7 Å². The van der Waals surface area contributed by atoms with Gasteiger partial charge in [-0.3, -0.25) is 14.9 Å². The highest BCUT2D eigenvalue weighted by atomic mass is 32.2. The summed E-state index contributed by atoms with van der Waals surface area (Å²) in [5, 5.41) is 19.7. The van der Waals surface area contributed by atoms with Gasteiger partial charge in [-0.05, 0) is 31.5 Å². The van der Waals surface area contributed by atoms with Crippen molar-refractivity contribution in [2.45, 2.75) is 36.9 Å². The molecule has 1 saturated heterocycles. The number of non-ortho nitro benzene ring substituents is 1. The molecule has 0 aromatic heterocycles. The number of rotatable bonds is 3. The first kappa shape index (κ1) is 16.3. The zero-order chi connectivity index (χ0) is 16.7. The molecule has 0 aliphatic carbocycles. The van der Waals surface area contributed by atoms with E-state index in [4.69, 9.17) is 0 Å². The predicted molar refractivity (Wildman–Crippen MR) is 81.5 cm³/mol. The molecule has 118 valence electrons. The van der Waals surface area contributed by atoms with E-state index in [-0.39, 0.29) is 11.6 Å². The molecule has 0 spiro atoms. The lowest BCUT2D eigenvalue weighted by Crippen LogP contribution is -2.48. The summed E-state index contributed by atoms with van der Waals surface area (Å²) in [6, 6.07) is 4.89. The first-order valence-electron chi connectivity index (χ1n) is 6.59. The maximum absolute atomic E-state index is 11.9. The number of carbonyl (C=O) groups excluding carboxylic acids is 1. The van der Waals surface area contributed by atoms with Gasteiger partial charge in [0.1, 0.15) is 11.4 Å². The predicted octanol–water partition coefficient (Wildman–Crippen LogP) is 2.42. The van der Waals surface area contributed by atoms with E-state index in [1.165, 1.54) is 35.7 Å². The summed E-state index contributed by atoms with van der Waals surface area (Å²) in [4.78, 5) is 35.0. The normalized spacial score (nSPS) is 23.3. The lowest BCUT2D eigenvalue weighted by molar-refractivity contribution is -0.384. The van der Waals surface area contributed by atoms with Gasteiger partial charge in [0.15, 0.2) is 0 Å². The SMILES string of the molecule is CC(=O)N1[C@@H](c2ccc([N+](=O)[O-])cc2)SC(C)(C)[C@@H]1C(=O)O. The number of aliphatic carboxylic acids is 1. The monoisotopic (exact) mass is 324 g/mol. The maximum atomic E-state index is 11.9. The Morgan fingerprint density at radius 2 is 1.86 bits per heavy atom. The summed E-state index contributed by atoms with van der Waals surface area (Å²) in [6.45, 7) is 4.88. The van der Waals surface area contributed by atoms with Crippen LogP contribution in [0.3, 0.4) is 0 Å². The van der Waals surface area contributed by atoms with Crippen molar-refractivity contribution in [1.82, 2.24) is 4.90 Å². The maximum Gasteiger partial charge on any atom is 0.327 e. The number of carboxylic acid groups (broad SMARTS) is 1. The van der Waals surface area contributed by atoms with Crippen molar-refractivity contribution in [2.75, 3.05) is 0 Å².